The normalized spacial score (nSPS) is 14.1. The van der Waals surface area contributed by atoms with Crippen molar-refractivity contribution in [3.63, 3.8) is 0 Å². The second-order valence-corrected chi connectivity index (χ2v) is 16.8. The number of aromatic nitrogens is 3. The number of hydrogen-bond acceptors (Lipinski definition) is 5. The molecule has 1 heterocycles. The fraction of sp³-hybridized carbons (Fsp3) is 0.455. The first-order chi connectivity index (χ1) is 16.2. The van der Waals surface area contributed by atoms with Gasteiger partial charge in [-0.05, 0) is 41.9 Å². The van der Waals surface area contributed by atoms with Crippen molar-refractivity contribution in [3.05, 3.63) is 53.8 Å². The van der Waals surface area contributed by atoms with Crippen molar-refractivity contribution in [1.82, 2.24) is 19.3 Å². The number of rotatable bonds is 10. The van der Waals surface area contributed by atoms with Crippen molar-refractivity contribution in [1.29, 1.82) is 0 Å². The molecule has 13 heteroatoms. The maximum Gasteiger partial charge on any atom is 0.409 e. The van der Waals surface area contributed by atoms with E-state index in [1.807, 2.05) is 0 Å². The van der Waals surface area contributed by atoms with Crippen LogP contribution >= 0.6 is 0 Å². The molecule has 0 spiro atoms. The molecule has 0 aliphatic heterocycles. The SMILES string of the molecule is CCN(C(c1ccc(F)cc1)C(F)(F)F)S(=O)(=O)c1ccc2c(c1)nnn2COCC[Si](C)(C)C. The molecule has 0 aliphatic rings. The van der Waals surface area contributed by atoms with Gasteiger partial charge in [0.1, 0.15) is 24.1 Å². The quantitative estimate of drug-likeness (QED) is 0.204. The third kappa shape index (κ3) is 6.45. The fourth-order valence-corrected chi connectivity index (χ4v) is 5.91. The van der Waals surface area contributed by atoms with Crippen LogP contribution in [-0.2, 0) is 21.5 Å². The standard InChI is InChI=1S/C22H28F4N4O3SSi/c1-5-30(21(22(24,25)26)16-6-8-17(23)9-7-16)34(31,32)18-10-11-20-19(14-18)27-28-29(20)15-33-12-13-35(2,3)4/h6-11,14,21H,5,12-13,15H2,1-4H3. The summed E-state index contributed by atoms with van der Waals surface area (Å²) in [5.41, 5.74) is 0.319. The van der Waals surface area contributed by atoms with Crippen molar-refractivity contribution in [2.45, 2.75) is 56.5 Å². The lowest BCUT2D eigenvalue weighted by Gasteiger charge is -2.31. The summed E-state index contributed by atoms with van der Waals surface area (Å²) >= 11 is 0. The number of nitrogens with zero attached hydrogens (tertiary/aromatic N) is 4. The lowest BCUT2D eigenvalue weighted by molar-refractivity contribution is -0.173. The summed E-state index contributed by atoms with van der Waals surface area (Å²) in [6.07, 6.45) is -4.93. The predicted molar refractivity (Wildman–Crippen MR) is 126 cm³/mol. The molecule has 0 amide bonds. The predicted octanol–water partition coefficient (Wildman–Crippen LogP) is 5.20. The van der Waals surface area contributed by atoms with Gasteiger partial charge in [0.05, 0.1) is 10.4 Å². The maximum atomic E-state index is 14.0. The van der Waals surface area contributed by atoms with E-state index in [0.717, 1.165) is 30.3 Å². The van der Waals surface area contributed by atoms with E-state index in [9.17, 15) is 26.0 Å². The van der Waals surface area contributed by atoms with Crippen LogP contribution in [0, 0.1) is 5.82 Å². The van der Waals surface area contributed by atoms with Gasteiger partial charge < -0.3 is 4.74 Å². The van der Waals surface area contributed by atoms with Crippen LogP contribution in [0.5, 0.6) is 0 Å². The smallest absolute Gasteiger partial charge is 0.359 e. The third-order valence-electron chi connectivity index (χ3n) is 5.40. The molecule has 0 fully saturated rings. The molecule has 7 nitrogen and oxygen atoms in total. The van der Waals surface area contributed by atoms with E-state index in [0.29, 0.717) is 16.4 Å². The molecule has 0 saturated heterocycles. The first kappa shape index (κ1) is 27.2. The van der Waals surface area contributed by atoms with Gasteiger partial charge in [0.15, 0.2) is 0 Å². The Balaban J connectivity index is 1.91. The van der Waals surface area contributed by atoms with E-state index in [4.69, 9.17) is 4.74 Å². The summed E-state index contributed by atoms with van der Waals surface area (Å²) in [5.74, 6) is -0.724. The number of alkyl halides is 3. The molecular formula is C22H28F4N4O3SSi. The number of halogens is 4. The molecule has 3 aromatic rings. The summed E-state index contributed by atoms with van der Waals surface area (Å²) in [5, 5.41) is 7.94. The fourth-order valence-electron chi connectivity index (χ4n) is 3.53. The minimum Gasteiger partial charge on any atom is -0.359 e. The lowest BCUT2D eigenvalue weighted by Crippen LogP contribution is -2.42. The van der Waals surface area contributed by atoms with Gasteiger partial charge in [0.25, 0.3) is 0 Å². The largest absolute Gasteiger partial charge is 0.409 e. The molecule has 0 radical (unpaired) electrons. The van der Waals surface area contributed by atoms with Crippen LogP contribution in [0.3, 0.4) is 0 Å². The second-order valence-electron chi connectivity index (χ2n) is 9.29. The summed E-state index contributed by atoms with van der Waals surface area (Å²) in [7, 11) is -5.86. The zero-order valence-corrected chi connectivity index (χ0v) is 21.7. The van der Waals surface area contributed by atoms with Gasteiger partial charge in [-0.3, -0.25) is 0 Å². The Hall–Kier alpha value is -2.35. The van der Waals surface area contributed by atoms with Gasteiger partial charge in [-0.15, -0.1) is 5.10 Å². The molecule has 0 saturated carbocycles. The van der Waals surface area contributed by atoms with Gasteiger partial charge >= 0.3 is 6.18 Å². The maximum absolute atomic E-state index is 14.0. The number of ether oxygens (including phenoxy) is 1. The minimum atomic E-state index is -4.93. The third-order valence-corrected chi connectivity index (χ3v) is 9.04. The first-order valence-electron chi connectivity index (χ1n) is 11.0. The highest BCUT2D eigenvalue weighted by atomic mass is 32.2. The average Bonchev–Trinajstić information content (AvgIpc) is 3.16. The zero-order valence-electron chi connectivity index (χ0n) is 19.9. The molecule has 0 N–H and O–H groups in total. The van der Waals surface area contributed by atoms with Crippen molar-refractivity contribution < 1.29 is 30.7 Å². The Kier molecular flexibility index (Phi) is 8.04. The van der Waals surface area contributed by atoms with Gasteiger partial charge in [0.2, 0.25) is 10.0 Å². The molecule has 1 aromatic heterocycles. The Labute approximate surface area is 202 Å². The number of hydrogen-bond donors (Lipinski definition) is 0. The molecule has 0 bridgehead atoms. The van der Waals surface area contributed by atoms with Crippen molar-refractivity contribution in [2.75, 3.05) is 13.2 Å². The van der Waals surface area contributed by atoms with Gasteiger partial charge in [-0.1, -0.05) is 43.9 Å². The lowest BCUT2D eigenvalue weighted by atomic mass is 10.1. The Morgan fingerprint density at radius 2 is 1.77 bits per heavy atom. The van der Waals surface area contributed by atoms with E-state index in [2.05, 4.69) is 30.0 Å². The van der Waals surface area contributed by atoms with Gasteiger partial charge in [-0.25, -0.2) is 17.5 Å². The van der Waals surface area contributed by atoms with E-state index in [-0.39, 0.29) is 22.7 Å². The topological polar surface area (TPSA) is 77.3 Å². The molecular weight excluding hydrogens is 504 g/mol. The van der Waals surface area contributed by atoms with Crippen molar-refractivity contribution in [3.8, 4) is 0 Å². The number of benzene rings is 2. The van der Waals surface area contributed by atoms with Crippen LogP contribution in [-0.4, -0.2) is 55.1 Å². The molecule has 2 aromatic carbocycles. The van der Waals surface area contributed by atoms with E-state index < -0.39 is 42.7 Å². The van der Waals surface area contributed by atoms with Crippen LogP contribution in [0.25, 0.3) is 11.0 Å². The molecule has 192 valence electrons. The van der Waals surface area contributed by atoms with E-state index in [1.165, 1.54) is 29.8 Å². The van der Waals surface area contributed by atoms with E-state index >= 15 is 0 Å². The van der Waals surface area contributed by atoms with Crippen molar-refractivity contribution in [2.24, 2.45) is 0 Å². The van der Waals surface area contributed by atoms with Crippen molar-refractivity contribution >= 4 is 29.1 Å². The Bertz CT molecular complexity index is 1260. The number of fused-ring (bicyclic) bond motifs is 1. The molecule has 3 rings (SSSR count). The molecule has 1 atom stereocenters. The molecule has 0 aliphatic carbocycles. The van der Waals surface area contributed by atoms with Crippen LogP contribution in [0.4, 0.5) is 17.6 Å². The first-order valence-corrected chi connectivity index (χ1v) is 16.1. The molecule has 35 heavy (non-hydrogen) atoms. The summed E-state index contributed by atoms with van der Waals surface area (Å²) < 4.78 is 89.5. The summed E-state index contributed by atoms with van der Waals surface area (Å²) in [6, 6.07) is 5.93. The number of sulfonamides is 1. The highest BCUT2D eigenvalue weighted by molar-refractivity contribution is 7.89. The summed E-state index contributed by atoms with van der Waals surface area (Å²) in [4.78, 5) is -0.352. The Morgan fingerprint density at radius 1 is 1.11 bits per heavy atom. The van der Waals surface area contributed by atoms with Crippen LogP contribution in [0.2, 0.25) is 25.7 Å². The van der Waals surface area contributed by atoms with Gasteiger partial charge in [0, 0.05) is 21.2 Å². The Morgan fingerprint density at radius 3 is 2.34 bits per heavy atom. The summed E-state index contributed by atoms with van der Waals surface area (Å²) in [6.45, 7) is 8.20. The average molecular weight is 533 g/mol. The second kappa shape index (κ2) is 10.3. The highest BCUT2D eigenvalue weighted by Gasteiger charge is 2.48. The van der Waals surface area contributed by atoms with Crippen LogP contribution in [0.1, 0.15) is 18.5 Å². The van der Waals surface area contributed by atoms with Gasteiger partial charge in [-0.2, -0.15) is 17.5 Å². The highest BCUT2D eigenvalue weighted by Crippen LogP contribution is 2.40. The zero-order chi connectivity index (χ0) is 26.0. The monoisotopic (exact) mass is 532 g/mol. The minimum absolute atomic E-state index is 0.120. The van der Waals surface area contributed by atoms with Crippen LogP contribution in [0.15, 0.2) is 47.4 Å². The van der Waals surface area contributed by atoms with E-state index in [1.54, 1.807) is 0 Å². The molecule has 1 unspecified atom stereocenters. The van der Waals surface area contributed by atoms with Crippen LogP contribution < -0.4 is 0 Å².